The Kier molecular flexibility index (Phi) is 6.81. The fourth-order valence-corrected chi connectivity index (χ4v) is 3.35. The molecule has 1 aliphatic heterocycles. The topological polar surface area (TPSA) is 52.7 Å². The van der Waals surface area contributed by atoms with Gasteiger partial charge in [-0.25, -0.2) is 0 Å². The number of nitrogens with one attached hydrogen (secondary N) is 1. The summed E-state index contributed by atoms with van der Waals surface area (Å²) in [6.07, 6.45) is 2.62. The Balaban J connectivity index is 1.77. The van der Waals surface area contributed by atoms with Gasteiger partial charge >= 0.3 is 0 Å². The van der Waals surface area contributed by atoms with Crippen molar-refractivity contribution in [2.45, 2.75) is 51.5 Å². The first-order valence-corrected chi connectivity index (χ1v) is 9.50. The van der Waals surface area contributed by atoms with Crippen LogP contribution in [0.4, 0.5) is 0 Å². The largest absolute Gasteiger partial charge is 0.355 e. The molecule has 0 saturated carbocycles. The second-order valence-electron chi connectivity index (χ2n) is 8.41. The van der Waals surface area contributed by atoms with E-state index in [2.05, 4.69) is 50.4 Å². The van der Waals surface area contributed by atoms with Gasteiger partial charge in [-0.05, 0) is 42.3 Å². The lowest BCUT2D eigenvalue weighted by Gasteiger charge is -2.25. The maximum Gasteiger partial charge on any atom is 0.239 e. The normalized spacial score (nSPS) is 18.0. The number of carbonyl (C=O) groups is 2. The van der Waals surface area contributed by atoms with Gasteiger partial charge in [0.05, 0.1) is 12.6 Å². The molecule has 2 rings (SSSR count). The number of hydrogen-bond acceptors (Lipinski definition) is 3. The van der Waals surface area contributed by atoms with Gasteiger partial charge in [0.1, 0.15) is 0 Å². The highest BCUT2D eigenvalue weighted by atomic mass is 16.2. The van der Waals surface area contributed by atoms with Gasteiger partial charge < -0.3 is 10.2 Å². The van der Waals surface area contributed by atoms with E-state index in [0.717, 1.165) is 25.8 Å². The number of benzene rings is 1. The summed E-state index contributed by atoms with van der Waals surface area (Å²) in [7, 11) is 3.54. The first-order chi connectivity index (χ1) is 12.2. The molecule has 0 radical (unpaired) electrons. The monoisotopic (exact) mass is 359 g/mol. The lowest BCUT2D eigenvalue weighted by Crippen LogP contribution is -2.46. The second-order valence-corrected chi connectivity index (χ2v) is 8.41. The molecule has 144 valence electrons. The van der Waals surface area contributed by atoms with Crippen LogP contribution in [0, 0.1) is 0 Å². The molecule has 2 amide bonds. The Hall–Kier alpha value is -1.88. The van der Waals surface area contributed by atoms with Crippen LogP contribution < -0.4 is 5.32 Å². The predicted octanol–water partition coefficient (Wildman–Crippen LogP) is 2.20. The standard InChI is InChI=1S/C21H33N3O2/c1-21(2,3)17-10-8-16(9-11-17)12-13-22-19(25)15-24-14-6-7-18(24)20(26)23(4)5/h8-11,18H,6-7,12-15H2,1-5H3,(H,22,25). The zero-order valence-electron chi connectivity index (χ0n) is 16.8. The molecule has 1 aromatic rings. The molecule has 1 fully saturated rings. The Morgan fingerprint density at radius 3 is 2.42 bits per heavy atom. The van der Waals surface area contributed by atoms with Crippen molar-refractivity contribution in [2.75, 3.05) is 33.7 Å². The summed E-state index contributed by atoms with van der Waals surface area (Å²) in [6, 6.07) is 8.45. The molecule has 1 aliphatic rings. The molecule has 26 heavy (non-hydrogen) atoms. The minimum atomic E-state index is -0.152. The number of likely N-dealkylation sites (N-methyl/N-ethyl adjacent to an activating group) is 1. The van der Waals surface area contributed by atoms with Crippen LogP contribution in [-0.4, -0.2) is 61.4 Å². The summed E-state index contributed by atoms with van der Waals surface area (Å²) < 4.78 is 0. The van der Waals surface area contributed by atoms with Gasteiger partial charge in [-0.15, -0.1) is 0 Å². The maximum absolute atomic E-state index is 12.2. The third-order valence-electron chi connectivity index (χ3n) is 4.99. The van der Waals surface area contributed by atoms with Crippen molar-refractivity contribution in [1.82, 2.24) is 15.1 Å². The summed E-state index contributed by atoms with van der Waals surface area (Å²) in [4.78, 5) is 28.0. The Morgan fingerprint density at radius 2 is 1.85 bits per heavy atom. The SMILES string of the molecule is CN(C)C(=O)C1CCCN1CC(=O)NCCc1ccc(C(C)(C)C)cc1. The highest BCUT2D eigenvalue weighted by Crippen LogP contribution is 2.22. The van der Waals surface area contributed by atoms with Crippen LogP contribution in [0.25, 0.3) is 0 Å². The van der Waals surface area contributed by atoms with Crippen molar-refractivity contribution < 1.29 is 9.59 Å². The lowest BCUT2D eigenvalue weighted by molar-refractivity contribution is -0.134. The van der Waals surface area contributed by atoms with Crippen molar-refractivity contribution >= 4 is 11.8 Å². The highest BCUT2D eigenvalue weighted by molar-refractivity contribution is 5.83. The molecule has 5 heteroatoms. The van der Waals surface area contributed by atoms with Crippen molar-refractivity contribution in [1.29, 1.82) is 0 Å². The molecule has 0 bridgehead atoms. The van der Waals surface area contributed by atoms with Crippen LogP contribution in [0.2, 0.25) is 0 Å². The minimum Gasteiger partial charge on any atom is -0.355 e. The van der Waals surface area contributed by atoms with Crippen molar-refractivity contribution in [2.24, 2.45) is 0 Å². The highest BCUT2D eigenvalue weighted by Gasteiger charge is 2.32. The average molecular weight is 360 g/mol. The fraction of sp³-hybridized carbons (Fsp3) is 0.619. The molecule has 1 unspecified atom stereocenters. The molecule has 0 aliphatic carbocycles. The number of rotatable bonds is 6. The van der Waals surface area contributed by atoms with Crippen molar-refractivity contribution in [3.63, 3.8) is 0 Å². The maximum atomic E-state index is 12.2. The minimum absolute atomic E-state index is 0.00484. The van der Waals surface area contributed by atoms with E-state index in [1.807, 2.05) is 4.90 Å². The van der Waals surface area contributed by atoms with E-state index in [-0.39, 0.29) is 23.3 Å². The van der Waals surface area contributed by atoms with Gasteiger partial charge in [0.15, 0.2) is 0 Å². The number of hydrogen-bond donors (Lipinski definition) is 1. The number of amides is 2. The number of likely N-dealkylation sites (tertiary alicyclic amines) is 1. The van der Waals surface area contributed by atoms with E-state index in [0.29, 0.717) is 13.1 Å². The second kappa shape index (κ2) is 8.67. The molecular weight excluding hydrogens is 326 g/mol. The quantitative estimate of drug-likeness (QED) is 0.847. The Morgan fingerprint density at radius 1 is 1.19 bits per heavy atom. The summed E-state index contributed by atoms with van der Waals surface area (Å²) in [5, 5.41) is 2.99. The molecule has 1 saturated heterocycles. The van der Waals surface area contributed by atoms with Crippen molar-refractivity contribution in [3.05, 3.63) is 35.4 Å². The summed E-state index contributed by atoms with van der Waals surface area (Å²) in [6.45, 7) is 8.34. The smallest absolute Gasteiger partial charge is 0.239 e. The van der Waals surface area contributed by atoms with E-state index in [9.17, 15) is 9.59 Å². The van der Waals surface area contributed by atoms with Gasteiger partial charge in [-0.2, -0.15) is 0 Å². The fourth-order valence-electron chi connectivity index (χ4n) is 3.35. The van der Waals surface area contributed by atoms with E-state index in [1.54, 1.807) is 19.0 Å². The zero-order valence-corrected chi connectivity index (χ0v) is 16.8. The average Bonchev–Trinajstić information content (AvgIpc) is 3.01. The van der Waals surface area contributed by atoms with E-state index in [1.165, 1.54) is 11.1 Å². The first kappa shape index (κ1) is 20.4. The van der Waals surface area contributed by atoms with Crippen LogP contribution >= 0.6 is 0 Å². The van der Waals surface area contributed by atoms with Crippen LogP contribution in [0.15, 0.2) is 24.3 Å². The van der Waals surface area contributed by atoms with Gasteiger partial charge in [0.2, 0.25) is 11.8 Å². The molecule has 1 N–H and O–H groups in total. The predicted molar refractivity (Wildman–Crippen MR) is 105 cm³/mol. The molecule has 1 aromatic carbocycles. The van der Waals surface area contributed by atoms with Gasteiger partial charge in [0, 0.05) is 20.6 Å². The summed E-state index contributed by atoms with van der Waals surface area (Å²) in [5.41, 5.74) is 2.69. The summed E-state index contributed by atoms with van der Waals surface area (Å²) >= 11 is 0. The molecule has 0 spiro atoms. The van der Waals surface area contributed by atoms with E-state index in [4.69, 9.17) is 0 Å². The van der Waals surface area contributed by atoms with Crippen LogP contribution in [-0.2, 0) is 21.4 Å². The van der Waals surface area contributed by atoms with Gasteiger partial charge in [-0.1, -0.05) is 45.0 Å². The van der Waals surface area contributed by atoms with Crippen LogP contribution in [0.5, 0.6) is 0 Å². The van der Waals surface area contributed by atoms with E-state index >= 15 is 0 Å². The van der Waals surface area contributed by atoms with Crippen molar-refractivity contribution in [3.8, 4) is 0 Å². The van der Waals surface area contributed by atoms with Crippen LogP contribution in [0.1, 0.15) is 44.7 Å². The van der Waals surface area contributed by atoms with Crippen LogP contribution in [0.3, 0.4) is 0 Å². The molecule has 5 nitrogen and oxygen atoms in total. The first-order valence-electron chi connectivity index (χ1n) is 9.50. The van der Waals surface area contributed by atoms with Gasteiger partial charge in [-0.3, -0.25) is 14.5 Å². The molecule has 1 heterocycles. The molecule has 1 atom stereocenters. The van der Waals surface area contributed by atoms with E-state index < -0.39 is 0 Å². The van der Waals surface area contributed by atoms with Gasteiger partial charge in [0.25, 0.3) is 0 Å². The molecular formula is C21H33N3O2. The number of carbonyl (C=O) groups excluding carboxylic acids is 2. The Bertz CT molecular complexity index is 617. The third kappa shape index (κ3) is 5.56. The number of nitrogens with zero attached hydrogens (tertiary/aromatic N) is 2. The lowest BCUT2D eigenvalue weighted by atomic mass is 9.86. The zero-order chi connectivity index (χ0) is 19.3. The Labute approximate surface area is 157 Å². The molecule has 0 aromatic heterocycles. The third-order valence-corrected chi connectivity index (χ3v) is 4.99. The summed E-state index contributed by atoms with van der Waals surface area (Å²) in [5.74, 6) is 0.0870.